The van der Waals surface area contributed by atoms with E-state index in [4.69, 9.17) is 4.74 Å². The number of hydrogen-bond acceptors (Lipinski definition) is 3. The van der Waals surface area contributed by atoms with Crippen LogP contribution < -0.4 is 10.1 Å². The highest BCUT2D eigenvalue weighted by atomic mass is 16.5. The van der Waals surface area contributed by atoms with Crippen molar-refractivity contribution in [2.45, 2.75) is 46.0 Å². The standard InChI is InChI=1S/C18H27NO2/c1-3-9-18(10-12-19-13-11-18)17(20)15-7-5-6-8-16(15)21-14-4-2/h5-8,19H,3-4,9-14H2,1-2H3. The summed E-state index contributed by atoms with van der Waals surface area (Å²) in [6.07, 6.45) is 4.83. The van der Waals surface area contributed by atoms with Gasteiger partial charge in [0.2, 0.25) is 0 Å². The summed E-state index contributed by atoms with van der Waals surface area (Å²) in [6.45, 7) is 6.77. The van der Waals surface area contributed by atoms with E-state index in [2.05, 4.69) is 19.2 Å². The zero-order chi connectivity index (χ0) is 15.1. The molecular formula is C18H27NO2. The molecular weight excluding hydrogens is 262 g/mol. The quantitative estimate of drug-likeness (QED) is 0.775. The van der Waals surface area contributed by atoms with Gasteiger partial charge in [-0.1, -0.05) is 32.4 Å². The lowest BCUT2D eigenvalue weighted by molar-refractivity contribution is 0.0700. The Labute approximate surface area is 128 Å². The molecule has 1 aliphatic heterocycles. The van der Waals surface area contributed by atoms with Gasteiger partial charge in [0.15, 0.2) is 5.78 Å². The number of Topliss-reactive ketones (excluding diaryl/α,β-unsaturated/α-hetero) is 1. The van der Waals surface area contributed by atoms with Gasteiger partial charge < -0.3 is 10.1 Å². The number of ether oxygens (including phenoxy) is 1. The van der Waals surface area contributed by atoms with Crippen molar-refractivity contribution in [1.82, 2.24) is 5.32 Å². The Balaban J connectivity index is 2.28. The monoisotopic (exact) mass is 289 g/mol. The molecule has 1 heterocycles. The van der Waals surface area contributed by atoms with Crippen LogP contribution in [0, 0.1) is 5.41 Å². The number of nitrogens with one attached hydrogen (secondary N) is 1. The van der Waals surface area contributed by atoms with Gasteiger partial charge in [0, 0.05) is 5.41 Å². The first-order valence-corrected chi connectivity index (χ1v) is 8.21. The summed E-state index contributed by atoms with van der Waals surface area (Å²) in [5.74, 6) is 1.02. The van der Waals surface area contributed by atoms with Crippen LogP contribution in [0.1, 0.15) is 56.3 Å². The lowest BCUT2D eigenvalue weighted by atomic mass is 9.70. The second-order valence-electron chi connectivity index (χ2n) is 5.95. The van der Waals surface area contributed by atoms with Crippen molar-refractivity contribution in [3.05, 3.63) is 29.8 Å². The molecule has 1 aromatic rings. The normalized spacial score (nSPS) is 17.4. The van der Waals surface area contributed by atoms with Crippen LogP contribution in [-0.2, 0) is 0 Å². The summed E-state index contributed by atoms with van der Waals surface area (Å²) in [5.41, 5.74) is 0.562. The highest BCUT2D eigenvalue weighted by molar-refractivity contribution is 6.02. The highest BCUT2D eigenvalue weighted by Gasteiger charge is 2.39. The molecule has 1 saturated heterocycles. The first-order valence-electron chi connectivity index (χ1n) is 8.21. The third-order valence-electron chi connectivity index (χ3n) is 4.36. The molecule has 3 nitrogen and oxygen atoms in total. The molecule has 0 unspecified atom stereocenters. The Bertz CT molecular complexity index is 459. The summed E-state index contributed by atoms with van der Waals surface area (Å²) in [5, 5.41) is 3.37. The summed E-state index contributed by atoms with van der Waals surface area (Å²) >= 11 is 0. The van der Waals surface area contributed by atoms with E-state index in [-0.39, 0.29) is 11.2 Å². The second-order valence-corrected chi connectivity index (χ2v) is 5.95. The smallest absolute Gasteiger partial charge is 0.172 e. The maximum atomic E-state index is 13.2. The van der Waals surface area contributed by atoms with Gasteiger partial charge in [0.25, 0.3) is 0 Å². The molecule has 3 heteroatoms. The van der Waals surface area contributed by atoms with E-state index >= 15 is 0 Å². The van der Waals surface area contributed by atoms with Crippen LogP contribution in [-0.4, -0.2) is 25.5 Å². The number of benzene rings is 1. The number of rotatable bonds is 7. The minimum atomic E-state index is -0.203. The van der Waals surface area contributed by atoms with Gasteiger partial charge in [0.1, 0.15) is 5.75 Å². The van der Waals surface area contributed by atoms with E-state index in [0.29, 0.717) is 6.61 Å². The van der Waals surface area contributed by atoms with Crippen LogP contribution in [0.2, 0.25) is 0 Å². The van der Waals surface area contributed by atoms with Crippen LogP contribution in [0.3, 0.4) is 0 Å². The highest BCUT2D eigenvalue weighted by Crippen LogP contribution is 2.39. The van der Waals surface area contributed by atoms with Crippen LogP contribution in [0.25, 0.3) is 0 Å². The minimum Gasteiger partial charge on any atom is -0.493 e. The van der Waals surface area contributed by atoms with E-state index in [1.807, 2.05) is 24.3 Å². The van der Waals surface area contributed by atoms with Crippen LogP contribution >= 0.6 is 0 Å². The molecule has 0 atom stereocenters. The van der Waals surface area contributed by atoms with Crippen molar-refractivity contribution >= 4 is 5.78 Å². The second kappa shape index (κ2) is 7.60. The molecule has 0 saturated carbocycles. The van der Waals surface area contributed by atoms with Gasteiger partial charge in [-0.2, -0.15) is 0 Å². The zero-order valence-corrected chi connectivity index (χ0v) is 13.3. The van der Waals surface area contributed by atoms with Crippen molar-refractivity contribution in [3.63, 3.8) is 0 Å². The van der Waals surface area contributed by atoms with Crippen molar-refractivity contribution in [2.75, 3.05) is 19.7 Å². The maximum Gasteiger partial charge on any atom is 0.172 e. The third kappa shape index (κ3) is 3.65. The molecule has 1 aliphatic rings. The molecule has 0 radical (unpaired) electrons. The predicted octanol–water partition coefficient (Wildman–Crippen LogP) is 3.83. The maximum absolute atomic E-state index is 13.2. The topological polar surface area (TPSA) is 38.3 Å². The molecule has 116 valence electrons. The van der Waals surface area contributed by atoms with E-state index in [1.54, 1.807) is 0 Å². The van der Waals surface area contributed by atoms with Crippen molar-refractivity contribution < 1.29 is 9.53 Å². The van der Waals surface area contributed by atoms with Gasteiger partial charge in [0.05, 0.1) is 12.2 Å². The summed E-state index contributed by atoms with van der Waals surface area (Å²) < 4.78 is 5.78. The fourth-order valence-electron chi connectivity index (χ4n) is 3.25. The lowest BCUT2D eigenvalue weighted by Gasteiger charge is -2.36. The summed E-state index contributed by atoms with van der Waals surface area (Å²) in [4.78, 5) is 13.2. The number of para-hydroxylation sites is 1. The number of carbonyl (C=O) groups excluding carboxylic acids is 1. The molecule has 0 bridgehead atoms. The van der Waals surface area contributed by atoms with Gasteiger partial charge >= 0.3 is 0 Å². The largest absolute Gasteiger partial charge is 0.493 e. The lowest BCUT2D eigenvalue weighted by Crippen LogP contribution is -2.42. The third-order valence-corrected chi connectivity index (χ3v) is 4.36. The summed E-state index contributed by atoms with van der Waals surface area (Å²) in [7, 11) is 0. The Hall–Kier alpha value is -1.35. The van der Waals surface area contributed by atoms with Crippen LogP contribution in [0.5, 0.6) is 5.75 Å². The SMILES string of the molecule is CCCOc1ccccc1C(=O)C1(CCC)CCNCC1. The Morgan fingerprint density at radius 1 is 1.19 bits per heavy atom. The number of hydrogen-bond donors (Lipinski definition) is 1. The molecule has 1 N–H and O–H groups in total. The Morgan fingerprint density at radius 3 is 2.57 bits per heavy atom. The fourth-order valence-corrected chi connectivity index (χ4v) is 3.25. The fraction of sp³-hybridized carbons (Fsp3) is 0.611. The van der Waals surface area contributed by atoms with Gasteiger partial charge in [-0.3, -0.25) is 4.79 Å². The van der Waals surface area contributed by atoms with Gasteiger partial charge in [-0.05, 0) is 50.9 Å². The number of ketones is 1. The van der Waals surface area contributed by atoms with Crippen molar-refractivity contribution in [1.29, 1.82) is 0 Å². The summed E-state index contributed by atoms with van der Waals surface area (Å²) in [6, 6.07) is 7.72. The molecule has 0 amide bonds. The van der Waals surface area contributed by atoms with Gasteiger partial charge in [-0.15, -0.1) is 0 Å². The van der Waals surface area contributed by atoms with Crippen molar-refractivity contribution in [3.8, 4) is 5.75 Å². The average Bonchev–Trinajstić information content (AvgIpc) is 2.53. The molecule has 0 spiro atoms. The predicted molar refractivity (Wildman–Crippen MR) is 86.0 cm³/mol. The Morgan fingerprint density at radius 2 is 1.90 bits per heavy atom. The molecule has 1 aromatic carbocycles. The minimum absolute atomic E-state index is 0.203. The average molecular weight is 289 g/mol. The molecule has 0 aromatic heterocycles. The van der Waals surface area contributed by atoms with Crippen molar-refractivity contribution in [2.24, 2.45) is 5.41 Å². The molecule has 21 heavy (non-hydrogen) atoms. The van der Waals surface area contributed by atoms with Crippen LogP contribution in [0.4, 0.5) is 0 Å². The van der Waals surface area contributed by atoms with E-state index in [0.717, 1.165) is 56.5 Å². The Kier molecular flexibility index (Phi) is 5.80. The van der Waals surface area contributed by atoms with Crippen LogP contribution in [0.15, 0.2) is 24.3 Å². The number of piperidine rings is 1. The first-order chi connectivity index (χ1) is 10.2. The molecule has 2 rings (SSSR count). The zero-order valence-electron chi connectivity index (χ0n) is 13.3. The first kappa shape index (κ1) is 16.0. The van der Waals surface area contributed by atoms with E-state index < -0.39 is 0 Å². The molecule has 0 aliphatic carbocycles. The van der Waals surface area contributed by atoms with Gasteiger partial charge in [-0.25, -0.2) is 0 Å². The number of carbonyl (C=O) groups is 1. The van der Waals surface area contributed by atoms with E-state index in [1.165, 1.54) is 0 Å². The molecule has 1 fully saturated rings. The van der Waals surface area contributed by atoms with E-state index in [9.17, 15) is 4.79 Å².